The van der Waals surface area contributed by atoms with Crippen LogP contribution < -0.4 is 10.1 Å². The van der Waals surface area contributed by atoms with Crippen LogP contribution in [0.2, 0.25) is 0 Å². The monoisotopic (exact) mass is 491 g/mol. The molecule has 2 aromatic carbocycles. The smallest absolute Gasteiger partial charge is 0.274 e. The van der Waals surface area contributed by atoms with Crippen LogP contribution in [-0.4, -0.2) is 30.0 Å². The molecule has 8 nitrogen and oxygen atoms in total. The van der Waals surface area contributed by atoms with Gasteiger partial charge < -0.3 is 0 Å². The molecule has 34 heavy (non-hydrogen) atoms. The average Bonchev–Trinajstić information content (AvgIpc) is 3.25. The number of amides is 1. The van der Waals surface area contributed by atoms with E-state index in [9.17, 15) is 13.2 Å². The van der Waals surface area contributed by atoms with E-state index < -0.39 is 15.9 Å². The number of rotatable bonds is 5. The molecule has 2 N–H and O–H groups in total. The Kier molecular flexibility index (Phi) is 5.84. The Morgan fingerprint density at radius 3 is 2.71 bits per heavy atom. The lowest BCUT2D eigenvalue weighted by atomic mass is 9.88. The molecule has 1 amide bonds. The summed E-state index contributed by atoms with van der Waals surface area (Å²) < 4.78 is 27.8. The maximum absolute atomic E-state index is 12.4. The highest BCUT2D eigenvalue weighted by Gasteiger charge is 2.20. The summed E-state index contributed by atoms with van der Waals surface area (Å²) in [6, 6.07) is 18.6. The van der Waals surface area contributed by atoms with Gasteiger partial charge in [-0.15, -0.1) is 0 Å². The van der Waals surface area contributed by atoms with Crippen LogP contribution >= 0.6 is 11.3 Å². The third-order valence-corrected chi connectivity index (χ3v) is 7.71. The molecule has 0 saturated carbocycles. The maximum atomic E-state index is 12.4. The van der Waals surface area contributed by atoms with Gasteiger partial charge in [-0.1, -0.05) is 41.7 Å². The summed E-state index contributed by atoms with van der Waals surface area (Å²) in [5.41, 5.74) is 8.43. The number of hydrazone groups is 1. The molecular formula is C24H21N5O3S2. The average molecular weight is 492 g/mol. The van der Waals surface area contributed by atoms with E-state index in [0.29, 0.717) is 5.69 Å². The molecule has 2 aromatic heterocycles. The number of fused-ring (bicyclic) bond motifs is 2. The van der Waals surface area contributed by atoms with Crippen molar-refractivity contribution in [3.63, 3.8) is 0 Å². The van der Waals surface area contributed by atoms with Gasteiger partial charge in [0, 0.05) is 18.1 Å². The second kappa shape index (κ2) is 8.96. The highest BCUT2D eigenvalue weighted by Crippen LogP contribution is 2.29. The molecule has 4 aromatic rings. The van der Waals surface area contributed by atoms with Gasteiger partial charge in [0.2, 0.25) is 11.0 Å². The standard InChI is InChI=1S/C24H21N5O3S2/c1-15(30)29-34(31,32)23-11-5-8-19(25-23)17-13-12-16-6-4-9-20(18(16)14-17)27-28-24-26-21-7-2-3-10-22(21)33-24/h2-3,5,7-8,10-14H,4,6,9H2,1H3,(H,26,28)(H,29,30). The van der Waals surface area contributed by atoms with Crippen molar-refractivity contribution >= 4 is 48.3 Å². The number of sulfonamides is 1. The molecule has 0 radical (unpaired) electrons. The summed E-state index contributed by atoms with van der Waals surface area (Å²) in [6.07, 6.45) is 2.76. The van der Waals surface area contributed by atoms with E-state index in [2.05, 4.69) is 20.5 Å². The van der Waals surface area contributed by atoms with Crippen molar-refractivity contribution in [2.45, 2.75) is 31.2 Å². The van der Waals surface area contributed by atoms with E-state index in [4.69, 9.17) is 0 Å². The Labute approximate surface area is 200 Å². The van der Waals surface area contributed by atoms with Crippen molar-refractivity contribution < 1.29 is 13.2 Å². The zero-order valence-electron chi connectivity index (χ0n) is 18.3. The van der Waals surface area contributed by atoms with Gasteiger partial charge in [0.15, 0.2) is 5.03 Å². The van der Waals surface area contributed by atoms with Crippen LogP contribution in [0.15, 0.2) is 70.8 Å². The molecule has 10 heteroatoms. The molecule has 0 saturated heterocycles. The highest BCUT2D eigenvalue weighted by atomic mass is 32.2. The molecular weight excluding hydrogens is 470 g/mol. The van der Waals surface area contributed by atoms with Crippen LogP contribution in [0, 0.1) is 0 Å². The number of anilines is 1. The second-order valence-electron chi connectivity index (χ2n) is 7.91. The molecule has 0 unspecified atom stereocenters. The zero-order valence-corrected chi connectivity index (χ0v) is 19.9. The molecule has 1 aliphatic carbocycles. The van der Waals surface area contributed by atoms with Gasteiger partial charge in [-0.25, -0.2) is 14.7 Å². The van der Waals surface area contributed by atoms with Gasteiger partial charge >= 0.3 is 0 Å². The van der Waals surface area contributed by atoms with Crippen LogP contribution in [-0.2, 0) is 21.2 Å². The van der Waals surface area contributed by atoms with E-state index in [0.717, 1.165) is 58.4 Å². The largest absolute Gasteiger partial charge is 0.281 e. The summed E-state index contributed by atoms with van der Waals surface area (Å²) in [7, 11) is -4.02. The van der Waals surface area contributed by atoms with Gasteiger partial charge in [-0.05, 0) is 55.2 Å². The molecule has 0 bridgehead atoms. The number of hydrogen-bond acceptors (Lipinski definition) is 8. The quantitative estimate of drug-likeness (QED) is 0.402. The van der Waals surface area contributed by atoms with E-state index in [1.165, 1.54) is 11.6 Å². The SMILES string of the molecule is CC(=O)NS(=O)(=O)c1cccc(-c2ccc3c(c2)C(=NNc2nc4ccccc4s2)CCC3)n1. The Bertz CT molecular complexity index is 1510. The third-order valence-electron chi connectivity index (χ3n) is 5.43. The summed E-state index contributed by atoms with van der Waals surface area (Å²) in [6.45, 7) is 1.15. The first kappa shape index (κ1) is 22.2. The van der Waals surface area contributed by atoms with Crippen LogP contribution in [0.1, 0.15) is 30.9 Å². The number of thiazole rings is 1. The summed E-state index contributed by atoms with van der Waals surface area (Å²) in [5.74, 6) is -0.664. The van der Waals surface area contributed by atoms with Crippen molar-refractivity contribution in [2.24, 2.45) is 5.10 Å². The minimum Gasteiger partial charge on any atom is -0.274 e. The normalized spacial score (nSPS) is 14.7. The maximum Gasteiger partial charge on any atom is 0.281 e. The number of aryl methyl sites for hydroxylation is 1. The molecule has 2 heterocycles. The third kappa shape index (κ3) is 4.55. The number of benzene rings is 2. The van der Waals surface area contributed by atoms with Crippen molar-refractivity contribution in [1.29, 1.82) is 0 Å². The first-order valence-corrected chi connectivity index (χ1v) is 13.0. The zero-order chi connectivity index (χ0) is 23.7. The Balaban J connectivity index is 1.47. The first-order valence-electron chi connectivity index (χ1n) is 10.7. The fourth-order valence-electron chi connectivity index (χ4n) is 3.92. The Morgan fingerprint density at radius 1 is 1.03 bits per heavy atom. The van der Waals surface area contributed by atoms with Gasteiger partial charge in [0.1, 0.15) is 0 Å². The number of nitrogens with zero attached hydrogens (tertiary/aromatic N) is 3. The van der Waals surface area contributed by atoms with E-state index >= 15 is 0 Å². The lowest BCUT2D eigenvalue weighted by molar-refractivity contribution is -0.117. The molecule has 172 valence electrons. The fourth-order valence-corrected chi connectivity index (χ4v) is 5.69. The molecule has 0 spiro atoms. The predicted molar refractivity (Wildman–Crippen MR) is 133 cm³/mol. The number of nitrogens with one attached hydrogen (secondary N) is 2. The van der Waals surface area contributed by atoms with Gasteiger partial charge in [0.25, 0.3) is 10.0 Å². The Hall–Kier alpha value is -3.63. The Morgan fingerprint density at radius 2 is 1.88 bits per heavy atom. The van der Waals surface area contributed by atoms with Gasteiger partial charge in [0.05, 0.1) is 21.6 Å². The second-order valence-corrected chi connectivity index (χ2v) is 10.6. The highest BCUT2D eigenvalue weighted by molar-refractivity contribution is 7.90. The number of pyridine rings is 1. The topological polar surface area (TPSA) is 113 Å². The predicted octanol–water partition coefficient (Wildman–Crippen LogP) is 4.34. The van der Waals surface area contributed by atoms with Crippen LogP contribution in [0.3, 0.4) is 0 Å². The number of carbonyl (C=O) groups excluding carboxylic acids is 1. The summed E-state index contributed by atoms with van der Waals surface area (Å²) >= 11 is 1.55. The summed E-state index contributed by atoms with van der Waals surface area (Å²) in [4.78, 5) is 20.1. The molecule has 0 atom stereocenters. The molecule has 1 aliphatic rings. The van der Waals surface area contributed by atoms with Crippen LogP contribution in [0.4, 0.5) is 5.13 Å². The van der Waals surface area contributed by atoms with Gasteiger partial charge in [-0.3, -0.25) is 10.2 Å². The number of para-hydroxylation sites is 1. The molecule has 5 rings (SSSR count). The summed E-state index contributed by atoms with van der Waals surface area (Å²) in [5, 5.41) is 5.19. The molecule has 0 aliphatic heterocycles. The fraction of sp³-hybridized carbons (Fsp3) is 0.167. The minimum absolute atomic E-state index is 0.204. The lowest BCUT2D eigenvalue weighted by Crippen LogP contribution is -2.28. The van der Waals surface area contributed by atoms with Crippen molar-refractivity contribution in [3.8, 4) is 11.3 Å². The lowest BCUT2D eigenvalue weighted by Gasteiger charge is -2.19. The minimum atomic E-state index is -4.02. The molecule has 0 fully saturated rings. The van der Waals surface area contributed by atoms with Crippen LogP contribution in [0.5, 0.6) is 0 Å². The number of hydrogen-bond donors (Lipinski definition) is 2. The number of aromatic nitrogens is 2. The van der Waals surface area contributed by atoms with E-state index in [-0.39, 0.29) is 5.03 Å². The van der Waals surface area contributed by atoms with Gasteiger partial charge in [-0.2, -0.15) is 13.5 Å². The van der Waals surface area contributed by atoms with E-state index in [1.807, 2.05) is 47.2 Å². The van der Waals surface area contributed by atoms with Crippen molar-refractivity contribution in [3.05, 3.63) is 71.8 Å². The van der Waals surface area contributed by atoms with Crippen molar-refractivity contribution in [2.75, 3.05) is 5.43 Å². The first-order chi connectivity index (χ1) is 16.4. The van der Waals surface area contributed by atoms with Crippen LogP contribution in [0.25, 0.3) is 21.5 Å². The van der Waals surface area contributed by atoms with E-state index in [1.54, 1.807) is 23.5 Å². The number of carbonyl (C=O) groups is 1. The van der Waals surface area contributed by atoms with Crippen molar-refractivity contribution in [1.82, 2.24) is 14.7 Å².